The van der Waals surface area contributed by atoms with Crippen molar-refractivity contribution < 1.29 is 9.84 Å². The monoisotopic (exact) mass is 437 g/mol. The van der Waals surface area contributed by atoms with E-state index in [4.69, 9.17) is 4.74 Å². The third-order valence-electron chi connectivity index (χ3n) is 4.81. The molecule has 0 spiro atoms. The van der Waals surface area contributed by atoms with E-state index in [1.165, 1.54) is 16.3 Å². The summed E-state index contributed by atoms with van der Waals surface area (Å²) < 4.78 is 8.32. The van der Waals surface area contributed by atoms with Gasteiger partial charge in [0.15, 0.2) is 0 Å². The van der Waals surface area contributed by atoms with Gasteiger partial charge in [-0.2, -0.15) is 0 Å². The molecule has 3 atom stereocenters. The molecule has 1 saturated heterocycles. The summed E-state index contributed by atoms with van der Waals surface area (Å²) in [6.07, 6.45) is 1.56. The van der Waals surface area contributed by atoms with Crippen LogP contribution in [0.25, 0.3) is 0 Å². The summed E-state index contributed by atoms with van der Waals surface area (Å²) >= 11 is 3.53. The third kappa shape index (κ3) is 4.76. The van der Waals surface area contributed by atoms with E-state index in [0.29, 0.717) is 24.9 Å². The smallest absolute Gasteiger partial charge is 0.330 e. The molecule has 3 N–H and O–H groups in total. The van der Waals surface area contributed by atoms with Gasteiger partial charge in [-0.25, -0.2) is 4.79 Å². The topological polar surface area (TPSA) is 96.3 Å². The van der Waals surface area contributed by atoms with Crippen LogP contribution < -0.4 is 16.6 Å². The van der Waals surface area contributed by atoms with Crippen molar-refractivity contribution in [3.63, 3.8) is 0 Å². The Morgan fingerprint density at radius 3 is 2.85 bits per heavy atom. The normalized spacial score (nSPS) is 22.3. The molecule has 0 radical (unpaired) electrons. The van der Waals surface area contributed by atoms with Gasteiger partial charge in [0.05, 0.1) is 12.2 Å². The van der Waals surface area contributed by atoms with Crippen LogP contribution in [0.2, 0.25) is 0 Å². The van der Waals surface area contributed by atoms with Crippen LogP contribution in [0.3, 0.4) is 0 Å². The fraction of sp³-hybridized carbons (Fsp3) is 0.474. The minimum absolute atomic E-state index is 0.311. The Labute approximate surface area is 165 Å². The lowest BCUT2D eigenvalue weighted by molar-refractivity contribution is -0.0192. The molecule has 1 aliphatic heterocycles. The van der Waals surface area contributed by atoms with E-state index >= 15 is 0 Å². The lowest BCUT2D eigenvalue weighted by Gasteiger charge is -2.17. The van der Waals surface area contributed by atoms with Crippen molar-refractivity contribution in [1.82, 2.24) is 14.9 Å². The summed E-state index contributed by atoms with van der Waals surface area (Å²) in [7, 11) is 0. The predicted octanol–water partition coefficient (Wildman–Crippen LogP) is 1.34. The van der Waals surface area contributed by atoms with E-state index in [1.54, 1.807) is 0 Å². The minimum Gasteiger partial charge on any atom is -0.390 e. The maximum absolute atomic E-state index is 12.1. The minimum atomic E-state index is -0.671. The number of halogens is 1. The van der Waals surface area contributed by atoms with Crippen LogP contribution in [0.5, 0.6) is 0 Å². The molecule has 1 aromatic heterocycles. The van der Waals surface area contributed by atoms with Gasteiger partial charge in [-0.3, -0.25) is 14.3 Å². The zero-order valence-corrected chi connectivity index (χ0v) is 16.7. The number of aliphatic hydroxyl groups excluding tert-OH is 1. The quantitative estimate of drug-likeness (QED) is 0.568. The maximum atomic E-state index is 12.1. The first kappa shape index (κ1) is 20.0. The Kier molecular flexibility index (Phi) is 6.64. The van der Waals surface area contributed by atoms with Crippen molar-refractivity contribution in [1.29, 1.82) is 0 Å². The Morgan fingerprint density at radius 1 is 1.33 bits per heavy atom. The van der Waals surface area contributed by atoms with Gasteiger partial charge in [0.2, 0.25) is 0 Å². The van der Waals surface area contributed by atoms with Gasteiger partial charge in [0.1, 0.15) is 6.23 Å². The number of hydrogen-bond acceptors (Lipinski definition) is 5. The third-order valence-corrected chi connectivity index (χ3v) is 5.58. The average Bonchev–Trinajstić information content (AvgIpc) is 3.01. The number of nitrogens with one attached hydrogen (secondary N) is 2. The van der Waals surface area contributed by atoms with Crippen molar-refractivity contribution >= 4 is 15.9 Å². The zero-order chi connectivity index (χ0) is 19.4. The van der Waals surface area contributed by atoms with E-state index < -0.39 is 24.1 Å². The molecule has 2 heterocycles. The predicted molar refractivity (Wildman–Crippen MR) is 106 cm³/mol. The van der Waals surface area contributed by atoms with Gasteiger partial charge < -0.3 is 15.2 Å². The lowest BCUT2D eigenvalue weighted by atomic mass is 10.1. The zero-order valence-electron chi connectivity index (χ0n) is 15.2. The Hall–Kier alpha value is -1.74. The maximum Gasteiger partial charge on any atom is 0.330 e. The second-order valence-corrected chi connectivity index (χ2v) is 7.51. The van der Waals surface area contributed by atoms with Gasteiger partial charge in [-0.05, 0) is 31.0 Å². The van der Waals surface area contributed by atoms with E-state index in [-0.39, 0.29) is 5.56 Å². The van der Waals surface area contributed by atoms with Crippen molar-refractivity contribution in [3.8, 4) is 0 Å². The SMILES string of the molecule is CCc1cn([C@H]2C[C@H](O)[C@@H](CNCCc3ccccc3Br)O2)c(=O)[nH]c1=O. The molecule has 8 heteroatoms. The number of hydrogen-bond donors (Lipinski definition) is 3. The molecule has 2 aromatic rings. The van der Waals surface area contributed by atoms with Crippen LogP contribution >= 0.6 is 15.9 Å². The second kappa shape index (κ2) is 8.97. The molecule has 0 amide bonds. The van der Waals surface area contributed by atoms with Crippen LogP contribution in [-0.4, -0.2) is 40.0 Å². The summed E-state index contributed by atoms with van der Waals surface area (Å²) in [5.41, 5.74) is 0.838. The van der Waals surface area contributed by atoms with Gasteiger partial charge >= 0.3 is 5.69 Å². The van der Waals surface area contributed by atoms with Gasteiger partial charge in [-0.1, -0.05) is 41.1 Å². The first-order valence-electron chi connectivity index (χ1n) is 9.11. The number of ether oxygens (including phenoxy) is 1. The van der Waals surface area contributed by atoms with Gasteiger partial charge in [0.25, 0.3) is 5.56 Å². The van der Waals surface area contributed by atoms with E-state index in [0.717, 1.165) is 17.4 Å². The molecule has 3 rings (SSSR count). The highest BCUT2D eigenvalue weighted by molar-refractivity contribution is 9.10. The number of benzene rings is 1. The molecule has 146 valence electrons. The Bertz CT molecular complexity index is 895. The number of aromatic amines is 1. The summed E-state index contributed by atoms with van der Waals surface area (Å²) in [4.78, 5) is 26.1. The van der Waals surface area contributed by atoms with E-state index in [2.05, 4.69) is 32.3 Å². The molecule has 7 nitrogen and oxygen atoms in total. The molecule has 27 heavy (non-hydrogen) atoms. The summed E-state index contributed by atoms with van der Waals surface area (Å²) in [6.45, 7) is 3.08. The Morgan fingerprint density at radius 2 is 2.11 bits per heavy atom. The number of aromatic nitrogens is 2. The summed E-state index contributed by atoms with van der Waals surface area (Å²) in [5.74, 6) is 0. The van der Waals surface area contributed by atoms with Crippen molar-refractivity contribution in [2.75, 3.05) is 13.1 Å². The molecule has 0 aliphatic carbocycles. The van der Waals surface area contributed by atoms with Crippen LogP contribution in [0.15, 0.2) is 44.5 Å². The molecule has 0 saturated carbocycles. The number of H-pyrrole nitrogens is 1. The summed E-state index contributed by atoms with van der Waals surface area (Å²) in [5, 5.41) is 13.6. The molecule has 0 bridgehead atoms. The molecule has 0 unspecified atom stereocenters. The van der Waals surface area contributed by atoms with Crippen LogP contribution in [0.4, 0.5) is 0 Å². The first-order valence-corrected chi connectivity index (χ1v) is 9.91. The van der Waals surface area contributed by atoms with Crippen molar-refractivity contribution in [2.45, 2.75) is 44.6 Å². The highest BCUT2D eigenvalue weighted by Crippen LogP contribution is 2.27. The number of rotatable bonds is 7. The highest BCUT2D eigenvalue weighted by Gasteiger charge is 2.35. The van der Waals surface area contributed by atoms with Crippen molar-refractivity contribution in [3.05, 3.63) is 66.9 Å². The standard InChI is InChI=1S/C19H24BrN3O4/c1-2-12-11-23(19(26)22-18(12)25)17-9-15(24)16(27-17)10-21-8-7-13-5-3-4-6-14(13)20/h3-6,11,15-17,21,24H,2,7-10H2,1H3,(H,22,25,26)/t15-,16+,17+/m0/s1. The molecule has 1 aromatic carbocycles. The number of aliphatic hydroxyl groups is 1. The molecule has 1 aliphatic rings. The van der Waals surface area contributed by atoms with Crippen LogP contribution in [0, 0.1) is 0 Å². The molecular formula is C19H24BrN3O4. The molecule has 1 fully saturated rings. The average molecular weight is 438 g/mol. The first-order chi connectivity index (χ1) is 13.0. The molecular weight excluding hydrogens is 414 g/mol. The van der Waals surface area contributed by atoms with Crippen molar-refractivity contribution in [2.24, 2.45) is 0 Å². The fourth-order valence-electron chi connectivity index (χ4n) is 3.23. The van der Waals surface area contributed by atoms with Crippen LogP contribution in [-0.2, 0) is 17.6 Å². The number of aryl methyl sites for hydroxylation is 1. The summed E-state index contributed by atoms with van der Waals surface area (Å²) in [6, 6.07) is 8.06. The van der Waals surface area contributed by atoms with Gasteiger partial charge in [-0.15, -0.1) is 0 Å². The van der Waals surface area contributed by atoms with Crippen LogP contribution in [0.1, 0.15) is 30.7 Å². The lowest BCUT2D eigenvalue weighted by Crippen LogP contribution is -2.36. The highest BCUT2D eigenvalue weighted by atomic mass is 79.9. The number of nitrogens with zero attached hydrogens (tertiary/aromatic N) is 1. The largest absolute Gasteiger partial charge is 0.390 e. The van der Waals surface area contributed by atoms with Gasteiger partial charge in [0, 0.05) is 29.2 Å². The van der Waals surface area contributed by atoms with E-state index in [1.807, 2.05) is 25.1 Å². The fourth-order valence-corrected chi connectivity index (χ4v) is 3.71. The second-order valence-electron chi connectivity index (χ2n) is 6.65. The Balaban J connectivity index is 1.56. The van der Waals surface area contributed by atoms with E-state index in [9.17, 15) is 14.7 Å².